The SMILES string of the molecule is CC(=O)OC[C@H]1O[C@@H](n2cnc(N)nc2=O)C(OC(C)=O)[C@H]1OC(C)=O.CO.C[O-].Nc1ncn([C@@H]2O[C@H](CO)[C@H](O)C2O)c(=O)n1.[Na+]. The van der Waals surface area contributed by atoms with Gasteiger partial charge in [-0.25, -0.2) is 19.6 Å². The van der Waals surface area contributed by atoms with E-state index in [0.717, 1.165) is 49.9 Å². The van der Waals surface area contributed by atoms with Gasteiger partial charge in [0.05, 0.1) is 6.61 Å². The Morgan fingerprint density at radius 3 is 1.65 bits per heavy atom. The number of carbonyl (C=O) groups is 3. The summed E-state index contributed by atoms with van der Waals surface area (Å²) in [5.74, 6) is -2.40. The Bertz CT molecular complexity index is 1450. The first-order valence-corrected chi connectivity index (χ1v) is 13.3. The number of aromatic nitrogens is 6. The quantitative estimate of drug-likeness (QED) is 0.0886. The molecule has 0 aromatic carbocycles. The zero-order chi connectivity index (χ0) is 36.0. The molecule has 24 heteroatoms. The van der Waals surface area contributed by atoms with Crippen LogP contribution in [0.5, 0.6) is 0 Å². The Balaban J connectivity index is 0.000000870. The molecule has 8 atom stereocenters. The third-order valence-corrected chi connectivity index (χ3v) is 5.90. The molecule has 2 unspecified atom stereocenters. The van der Waals surface area contributed by atoms with E-state index in [4.69, 9.17) is 50.5 Å². The van der Waals surface area contributed by atoms with Crippen molar-refractivity contribution in [3.63, 3.8) is 0 Å². The summed E-state index contributed by atoms with van der Waals surface area (Å²) in [6.45, 7) is 2.73. The molecule has 8 N–H and O–H groups in total. The normalized spacial score (nSPS) is 25.3. The van der Waals surface area contributed by atoms with E-state index >= 15 is 0 Å². The van der Waals surface area contributed by atoms with Crippen LogP contribution < -0.4 is 57.5 Å². The number of ether oxygens (including phenoxy) is 5. The largest absolute Gasteiger partial charge is 1.00 e. The molecule has 4 rings (SSSR count). The Morgan fingerprint density at radius 2 is 1.25 bits per heavy atom. The molecule has 0 bridgehead atoms. The summed E-state index contributed by atoms with van der Waals surface area (Å²) in [6.07, 6.45) is -7.12. The zero-order valence-corrected chi connectivity index (χ0v) is 28.8. The molecule has 0 amide bonds. The molecule has 2 aliphatic rings. The van der Waals surface area contributed by atoms with Crippen molar-refractivity contribution in [2.45, 2.75) is 69.9 Å². The van der Waals surface area contributed by atoms with Crippen molar-refractivity contribution in [1.29, 1.82) is 0 Å². The monoisotopic (exact) mass is 700 g/mol. The molecule has 0 spiro atoms. The van der Waals surface area contributed by atoms with Crippen molar-refractivity contribution in [3.8, 4) is 0 Å². The van der Waals surface area contributed by atoms with E-state index in [2.05, 4.69) is 19.9 Å². The summed E-state index contributed by atoms with van der Waals surface area (Å²) in [4.78, 5) is 71.7. The van der Waals surface area contributed by atoms with Crippen LogP contribution in [0.3, 0.4) is 0 Å². The molecule has 0 radical (unpaired) electrons. The van der Waals surface area contributed by atoms with Crippen molar-refractivity contribution < 1.29 is 93.2 Å². The summed E-state index contributed by atoms with van der Waals surface area (Å²) in [5, 5.41) is 43.3. The fraction of sp³-hybridized carbons (Fsp3) is 0.625. The molecule has 0 aliphatic carbocycles. The molecule has 2 aliphatic heterocycles. The molecule has 4 heterocycles. The first-order valence-electron chi connectivity index (χ1n) is 13.3. The summed E-state index contributed by atoms with van der Waals surface area (Å²) in [5.41, 5.74) is 9.00. The summed E-state index contributed by atoms with van der Waals surface area (Å²) < 4.78 is 27.9. The van der Waals surface area contributed by atoms with E-state index in [1.807, 2.05) is 0 Å². The van der Waals surface area contributed by atoms with Crippen LogP contribution in [0, 0.1) is 0 Å². The number of nitrogen functional groups attached to an aromatic ring is 2. The van der Waals surface area contributed by atoms with Crippen LogP contribution >= 0.6 is 0 Å². The third kappa shape index (κ3) is 12.1. The van der Waals surface area contributed by atoms with Gasteiger partial charge >= 0.3 is 58.8 Å². The summed E-state index contributed by atoms with van der Waals surface area (Å²) in [6, 6.07) is 0. The van der Waals surface area contributed by atoms with Gasteiger partial charge in [-0.1, -0.05) is 0 Å². The minimum Gasteiger partial charge on any atom is -0.857 e. The zero-order valence-electron chi connectivity index (χ0n) is 26.8. The maximum Gasteiger partial charge on any atom is 1.00 e. The van der Waals surface area contributed by atoms with Crippen LogP contribution in [0.25, 0.3) is 0 Å². The van der Waals surface area contributed by atoms with Gasteiger partial charge in [-0.3, -0.25) is 23.5 Å². The first kappa shape index (κ1) is 44.4. The average molecular weight is 701 g/mol. The van der Waals surface area contributed by atoms with Crippen LogP contribution in [-0.4, -0.2) is 131 Å². The molecule has 264 valence electrons. The van der Waals surface area contributed by atoms with Crippen LogP contribution in [0.1, 0.15) is 33.2 Å². The molecule has 48 heavy (non-hydrogen) atoms. The molecule has 2 aromatic heterocycles. The Labute approximate surface area is 293 Å². The van der Waals surface area contributed by atoms with Gasteiger partial charge in [-0.05, 0) is 0 Å². The molecule has 2 fully saturated rings. The van der Waals surface area contributed by atoms with E-state index < -0.39 is 85.0 Å². The van der Waals surface area contributed by atoms with Crippen LogP contribution in [0.15, 0.2) is 22.2 Å². The molecule has 2 aromatic rings. The number of aliphatic hydroxyl groups excluding tert-OH is 4. The number of hydrogen-bond donors (Lipinski definition) is 6. The molecular weight excluding hydrogens is 663 g/mol. The second-order valence-corrected chi connectivity index (χ2v) is 9.05. The third-order valence-electron chi connectivity index (χ3n) is 5.90. The van der Waals surface area contributed by atoms with Crippen molar-refractivity contribution in [1.82, 2.24) is 29.1 Å². The van der Waals surface area contributed by atoms with E-state index in [9.17, 15) is 34.2 Å². The van der Waals surface area contributed by atoms with Crippen molar-refractivity contribution in [2.24, 2.45) is 0 Å². The van der Waals surface area contributed by atoms with Gasteiger partial charge in [-0.15, -0.1) is 0 Å². The molecule has 2 saturated heterocycles. The number of hydrogen-bond acceptors (Lipinski definition) is 21. The predicted octanol–water partition coefficient (Wildman–Crippen LogP) is -9.03. The minimum atomic E-state index is -1.35. The number of carbonyl (C=O) groups excluding carboxylic acids is 3. The van der Waals surface area contributed by atoms with Crippen molar-refractivity contribution in [2.75, 3.05) is 38.9 Å². The predicted molar refractivity (Wildman–Crippen MR) is 150 cm³/mol. The number of nitrogens with zero attached hydrogens (tertiary/aromatic N) is 6. The number of rotatable bonds is 7. The van der Waals surface area contributed by atoms with Crippen LogP contribution in [0.4, 0.5) is 11.9 Å². The van der Waals surface area contributed by atoms with Gasteiger partial charge in [0.25, 0.3) is 0 Å². The van der Waals surface area contributed by atoms with E-state index in [-0.39, 0.29) is 48.1 Å². The Morgan fingerprint density at radius 1 is 0.812 bits per heavy atom. The van der Waals surface area contributed by atoms with Crippen LogP contribution in [-0.2, 0) is 38.1 Å². The average Bonchev–Trinajstić information content (AvgIpc) is 3.49. The molecular formula is C24H37N8NaO15. The van der Waals surface area contributed by atoms with E-state index in [1.54, 1.807) is 0 Å². The number of nitrogens with two attached hydrogens (primary N) is 2. The second kappa shape index (κ2) is 21.3. The maximum absolute atomic E-state index is 12.1. The Hall–Kier alpha value is -3.65. The fourth-order valence-corrected chi connectivity index (χ4v) is 4.09. The van der Waals surface area contributed by atoms with Gasteiger partial charge in [0.15, 0.2) is 24.7 Å². The Kier molecular flexibility index (Phi) is 19.7. The summed E-state index contributed by atoms with van der Waals surface area (Å²) >= 11 is 0. The topological polar surface area (TPSA) is 349 Å². The second-order valence-electron chi connectivity index (χ2n) is 9.05. The van der Waals surface area contributed by atoms with Gasteiger partial charge in [0.2, 0.25) is 11.9 Å². The van der Waals surface area contributed by atoms with Crippen LogP contribution in [0.2, 0.25) is 0 Å². The van der Waals surface area contributed by atoms with E-state index in [1.165, 1.54) is 6.92 Å². The van der Waals surface area contributed by atoms with Gasteiger partial charge in [-0.2, -0.15) is 17.1 Å². The standard InChI is InChI=1S/C14H18N4O8.C8H12N4O5.CH4O.CH3O.Na/c1-6(19)23-4-9-10(24-7(2)20)11(25-8(3)21)12(26-9)18-5-16-13(15)17-14(18)22;9-7-10-2-12(8(16)11-7)6-5(15)4(14)3(1-13)17-6;2*1-2;/h5,9-12H,4H2,1-3H3,(H2,15,17,22);2-6,13-15H,1H2,(H2,9,11,16);2H,1H3;1H3;/q;;;-1;+1/t9-,10+,11?,12-;3-,4+,5?,6-;;;/m11.../s1. The molecule has 0 saturated carbocycles. The smallest absolute Gasteiger partial charge is 0.857 e. The van der Waals surface area contributed by atoms with Gasteiger partial charge in [0.1, 0.15) is 43.7 Å². The van der Waals surface area contributed by atoms with Gasteiger partial charge in [0, 0.05) is 27.9 Å². The fourth-order valence-electron chi connectivity index (χ4n) is 4.09. The summed E-state index contributed by atoms with van der Waals surface area (Å²) in [7, 11) is 1.75. The number of esters is 3. The van der Waals surface area contributed by atoms with E-state index in [0.29, 0.717) is 0 Å². The van der Waals surface area contributed by atoms with Gasteiger partial charge < -0.3 is 60.7 Å². The van der Waals surface area contributed by atoms with Crippen molar-refractivity contribution in [3.05, 3.63) is 33.6 Å². The van der Waals surface area contributed by atoms with Crippen molar-refractivity contribution >= 4 is 29.8 Å². The number of aliphatic hydroxyl groups is 4. The number of anilines is 2. The molecule has 23 nitrogen and oxygen atoms in total. The minimum absolute atomic E-state index is 0. The maximum atomic E-state index is 12.1. The first-order chi connectivity index (χ1) is 22.2.